The van der Waals surface area contributed by atoms with E-state index in [9.17, 15) is 9.90 Å². The highest BCUT2D eigenvalue weighted by molar-refractivity contribution is 5.96. The molecule has 1 N–H and O–H groups in total. The number of hydrogen-bond acceptors (Lipinski definition) is 2. The van der Waals surface area contributed by atoms with Crippen molar-refractivity contribution in [2.75, 3.05) is 6.61 Å². The third kappa shape index (κ3) is 1.36. The van der Waals surface area contributed by atoms with Crippen LogP contribution >= 0.6 is 0 Å². The molecule has 3 saturated carbocycles. The van der Waals surface area contributed by atoms with E-state index in [-0.39, 0.29) is 16.2 Å². The maximum atomic E-state index is 12.8. The summed E-state index contributed by atoms with van der Waals surface area (Å²) in [6.45, 7) is 9.62. The van der Waals surface area contributed by atoms with Gasteiger partial charge < -0.3 is 5.11 Å². The van der Waals surface area contributed by atoms with Crippen LogP contribution in [0, 0.1) is 39.4 Å². The Morgan fingerprint density at radius 1 is 1.23 bits per heavy atom. The Balaban J connectivity index is 1.89. The number of carbonyl (C=O) groups is 1. The van der Waals surface area contributed by atoms with E-state index in [1.54, 1.807) is 0 Å². The van der Waals surface area contributed by atoms with Crippen LogP contribution in [-0.4, -0.2) is 17.5 Å². The van der Waals surface area contributed by atoms with E-state index in [1.807, 2.05) is 6.08 Å². The van der Waals surface area contributed by atoms with Crippen LogP contribution in [0.1, 0.15) is 59.8 Å². The fourth-order valence-electron chi connectivity index (χ4n) is 7.81. The molecule has 1 spiro atoms. The first-order valence-corrected chi connectivity index (χ1v) is 9.07. The van der Waals surface area contributed by atoms with Crippen molar-refractivity contribution in [3.8, 4) is 0 Å². The van der Waals surface area contributed by atoms with E-state index in [1.165, 1.54) is 19.3 Å². The second kappa shape index (κ2) is 4.06. The van der Waals surface area contributed by atoms with Crippen LogP contribution in [0.25, 0.3) is 0 Å². The molecule has 0 bridgehead atoms. The van der Waals surface area contributed by atoms with Crippen LogP contribution < -0.4 is 0 Å². The van der Waals surface area contributed by atoms with Gasteiger partial charge in [0.05, 0.1) is 0 Å². The van der Waals surface area contributed by atoms with Crippen molar-refractivity contribution in [2.45, 2.75) is 59.8 Å². The van der Waals surface area contributed by atoms with Gasteiger partial charge in [0, 0.05) is 12.0 Å². The topological polar surface area (TPSA) is 37.3 Å². The molecule has 122 valence electrons. The summed E-state index contributed by atoms with van der Waals surface area (Å²) < 4.78 is 0. The predicted molar refractivity (Wildman–Crippen MR) is 87.2 cm³/mol. The third-order valence-corrected chi connectivity index (χ3v) is 8.77. The average Bonchev–Trinajstić information content (AvgIpc) is 3.01. The van der Waals surface area contributed by atoms with Crippen LogP contribution in [0.4, 0.5) is 0 Å². The summed E-state index contributed by atoms with van der Waals surface area (Å²) in [5.74, 6) is 2.02. The normalized spacial score (nSPS) is 59.5. The molecule has 2 heteroatoms. The molecular weight excluding hydrogens is 272 g/mol. The third-order valence-electron chi connectivity index (χ3n) is 8.77. The molecule has 4 aliphatic carbocycles. The van der Waals surface area contributed by atoms with Crippen LogP contribution in [-0.2, 0) is 4.79 Å². The molecular formula is C20H30O2. The zero-order valence-electron chi connectivity index (χ0n) is 14.5. The maximum Gasteiger partial charge on any atom is 0.161 e. The Hall–Kier alpha value is -0.630. The van der Waals surface area contributed by atoms with Gasteiger partial charge in [-0.05, 0) is 72.2 Å². The van der Waals surface area contributed by atoms with Gasteiger partial charge in [-0.1, -0.05) is 33.8 Å². The van der Waals surface area contributed by atoms with Gasteiger partial charge in [-0.3, -0.25) is 4.79 Å². The highest BCUT2D eigenvalue weighted by atomic mass is 16.3. The van der Waals surface area contributed by atoms with Crippen molar-refractivity contribution in [3.05, 3.63) is 12.2 Å². The Morgan fingerprint density at radius 3 is 2.64 bits per heavy atom. The van der Waals surface area contributed by atoms with E-state index in [0.717, 1.165) is 12.8 Å². The number of aliphatic hydroxyl groups excluding tert-OH is 1. The molecule has 0 heterocycles. The number of aliphatic hydroxyl groups is 1. The minimum Gasteiger partial charge on any atom is -0.396 e. The Labute approximate surface area is 134 Å². The van der Waals surface area contributed by atoms with Gasteiger partial charge in [-0.15, -0.1) is 0 Å². The predicted octanol–water partition coefficient (Wildman–Crippen LogP) is 3.98. The molecule has 4 aliphatic rings. The zero-order chi connectivity index (χ0) is 16.0. The van der Waals surface area contributed by atoms with Gasteiger partial charge in [-0.25, -0.2) is 0 Å². The Morgan fingerprint density at radius 2 is 1.95 bits per heavy atom. The molecule has 0 aromatic heterocycles. The number of allylic oxidation sites excluding steroid dienone is 2. The summed E-state index contributed by atoms with van der Waals surface area (Å²) in [5, 5.41) is 10.1. The van der Waals surface area contributed by atoms with Crippen molar-refractivity contribution in [2.24, 2.45) is 39.4 Å². The standard InChI is InChI=1S/C20H30O2/c1-13-5-6-15(22)19(4)8-7-14-16-17(2,11-20(13,14)19)9-10-18(16,3)12-21/h5-6,13-14,16,21H,7-12H2,1-4H3/t13-,14-,16-,17+,18+,19-,20-/m0/s1. The summed E-state index contributed by atoms with van der Waals surface area (Å²) in [5.41, 5.74) is 0.326. The molecule has 0 radical (unpaired) electrons. The number of hydrogen-bond donors (Lipinski definition) is 1. The Bertz CT molecular complexity index is 566. The van der Waals surface area contributed by atoms with E-state index in [4.69, 9.17) is 0 Å². The zero-order valence-corrected chi connectivity index (χ0v) is 14.5. The number of carbonyl (C=O) groups excluding carboxylic acids is 1. The summed E-state index contributed by atoms with van der Waals surface area (Å²) in [7, 11) is 0. The van der Waals surface area contributed by atoms with Crippen LogP contribution in [0.3, 0.4) is 0 Å². The van der Waals surface area contributed by atoms with Gasteiger partial charge in [-0.2, -0.15) is 0 Å². The van der Waals surface area contributed by atoms with Gasteiger partial charge >= 0.3 is 0 Å². The average molecular weight is 302 g/mol. The van der Waals surface area contributed by atoms with Crippen molar-refractivity contribution in [1.82, 2.24) is 0 Å². The van der Waals surface area contributed by atoms with Gasteiger partial charge in [0.1, 0.15) is 0 Å². The van der Waals surface area contributed by atoms with Crippen LogP contribution in [0.5, 0.6) is 0 Å². The monoisotopic (exact) mass is 302 g/mol. The van der Waals surface area contributed by atoms with Crippen LogP contribution in [0.2, 0.25) is 0 Å². The molecule has 7 atom stereocenters. The molecule has 4 rings (SSSR count). The summed E-state index contributed by atoms with van der Waals surface area (Å²) in [6.07, 6.45) is 9.80. The van der Waals surface area contributed by atoms with E-state index in [0.29, 0.717) is 35.6 Å². The molecule has 3 fully saturated rings. The van der Waals surface area contributed by atoms with Crippen molar-refractivity contribution in [1.29, 1.82) is 0 Å². The van der Waals surface area contributed by atoms with Gasteiger partial charge in [0.15, 0.2) is 5.78 Å². The smallest absolute Gasteiger partial charge is 0.161 e. The lowest BCUT2D eigenvalue weighted by Crippen LogP contribution is -2.50. The number of fused-ring (bicyclic) bond motifs is 2. The lowest BCUT2D eigenvalue weighted by Gasteiger charge is -2.50. The fraction of sp³-hybridized carbons (Fsp3) is 0.850. The second-order valence-corrected chi connectivity index (χ2v) is 9.65. The molecule has 0 aromatic carbocycles. The number of rotatable bonds is 1. The quantitative estimate of drug-likeness (QED) is 0.795. The van der Waals surface area contributed by atoms with E-state index in [2.05, 4.69) is 33.8 Å². The molecule has 22 heavy (non-hydrogen) atoms. The summed E-state index contributed by atoms with van der Waals surface area (Å²) in [4.78, 5) is 12.8. The number of ketones is 1. The lowest BCUT2D eigenvalue weighted by atomic mass is 9.52. The molecule has 0 unspecified atom stereocenters. The Kier molecular flexibility index (Phi) is 2.76. The summed E-state index contributed by atoms with van der Waals surface area (Å²) >= 11 is 0. The SMILES string of the molecule is C[C@H]1C=CC(=O)[C@]2(C)CC[C@H]3[C@@H]4[C@@](C)(CO)CC[C@]4(C)C[C@]132. The highest BCUT2D eigenvalue weighted by Crippen LogP contribution is 2.79. The molecule has 0 aromatic rings. The van der Waals surface area contributed by atoms with Crippen molar-refractivity contribution in [3.63, 3.8) is 0 Å². The van der Waals surface area contributed by atoms with E-state index >= 15 is 0 Å². The fourth-order valence-corrected chi connectivity index (χ4v) is 7.81. The van der Waals surface area contributed by atoms with Crippen molar-refractivity contribution >= 4 is 5.78 Å². The second-order valence-electron chi connectivity index (χ2n) is 9.65. The van der Waals surface area contributed by atoms with E-state index < -0.39 is 0 Å². The molecule has 0 aliphatic heterocycles. The maximum absolute atomic E-state index is 12.8. The van der Waals surface area contributed by atoms with Gasteiger partial charge in [0.2, 0.25) is 0 Å². The lowest BCUT2D eigenvalue weighted by molar-refractivity contribution is -0.134. The first-order chi connectivity index (χ1) is 10.2. The highest BCUT2D eigenvalue weighted by Gasteiger charge is 2.75. The van der Waals surface area contributed by atoms with Gasteiger partial charge in [0.25, 0.3) is 0 Å². The molecule has 2 nitrogen and oxygen atoms in total. The summed E-state index contributed by atoms with van der Waals surface area (Å²) in [6, 6.07) is 0. The first kappa shape index (κ1) is 14.9. The first-order valence-electron chi connectivity index (χ1n) is 9.07. The van der Waals surface area contributed by atoms with Crippen LogP contribution in [0.15, 0.2) is 12.2 Å². The minimum absolute atomic E-state index is 0.0537. The largest absolute Gasteiger partial charge is 0.396 e. The molecule has 0 saturated heterocycles. The van der Waals surface area contributed by atoms with Crippen molar-refractivity contribution < 1.29 is 9.90 Å². The molecule has 0 amide bonds. The minimum atomic E-state index is -0.171.